The lowest BCUT2D eigenvalue weighted by molar-refractivity contribution is 0.715. The van der Waals surface area contributed by atoms with Gasteiger partial charge >= 0.3 is 0 Å². The van der Waals surface area contributed by atoms with Crippen molar-refractivity contribution in [1.29, 1.82) is 0 Å². The zero-order valence-corrected chi connectivity index (χ0v) is 43.2. The fourth-order valence-corrected chi connectivity index (χ4v) is 12.9. The van der Waals surface area contributed by atoms with E-state index in [1.165, 1.54) is 139 Å². The van der Waals surface area contributed by atoms with Gasteiger partial charge in [0.1, 0.15) is 0 Å². The SMILES string of the molecule is c1ccc(-c2ccc(-n3c4ccccc4c4cc(-c5ccc(CCC(c6cc(-c7ccccc7)cc(-c7ccccc7)c6)c6ccc7c(c6)C(=C6c8ccccc8-c8ccccc86)c6ccccc6-7)cc5)ccc43)cc2)cc1. The minimum atomic E-state index is 0.105. The topological polar surface area (TPSA) is 4.93 Å². The molecule has 0 saturated heterocycles. The summed E-state index contributed by atoms with van der Waals surface area (Å²) in [6, 6.07) is 108. The molecule has 1 atom stereocenters. The molecule has 1 heterocycles. The number of fused-ring (bicyclic) bond motifs is 9. The van der Waals surface area contributed by atoms with Crippen LogP contribution in [0.25, 0.3) is 105 Å². The molecule has 12 aromatic carbocycles. The summed E-state index contributed by atoms with van der Waals surface area (Å²) in [6.07, 6.45) is 1.86. The Hall–Kier alpha value is -9.82. The molecular weight excluding hydrogens is 939 g/mol. The Morgan fingerprint density at radius 1 is 0.256 bits per heavy atom. The van der Waals surface area contributed by atoms with Crippen molar-refractivity contribution in [3.05, 3.63) is 330 Å². The van der Waals surface area contributed by atoms with E-state index in [4.69, 9.17) is 0 Å². The second kappa shape index (κ2) is 19.1. The number of benzene rings is 12. The minimum absolute atomic E-state index is 0.105. The average Bonchev–Trinajstić information content (AvgIpc) is 4.18. The summed E-state index contributed by atoms with van der Waals surface area (Å²) in [5.74, 6) is 0.105. The Kier molecular flexibility index (Phi) is 11.1. The molecule has 0 spiro atoms. The quantitative estimate of drug-likeness (QED) is 0.129. The molecule has 0 N–H and O–H groups in total. The molecule has 1 aromatic heterocycles. The van der Waals surface area contributed by atoms with E-state index in [0.29, 0.717) is 0 Å². The van der Waals surface area contributed by atoms with E-state index in [9.17, 15) is 0 Å². The standard InChI is InChI=1S/C77H53N/c1-4-18-52(19-5-1)55-37-41-62(42-38-55)78-74-31-17-16-27-68(74)72-49-57(40-45-75(72)78)56-35-32-51(33-36-56)34-43-63(61-47-59(53-20-6-2-7-21-53)46-60(48-61)54-22-8-3-9-23-54)58-39-44-67-66-26-12-15-30-71(66)77(73(67)50-58)76-69-28-13-10-24-64(69)65-25-11-14-29-70(65)76/h1-33,35-42,44-50,63H,34,43H2. The smallest absolute Gasteiger partial charge is 0.0541 e. The monoisotopic (exact) mass is 991 g/mol. The number of hydrogen-bond donors (Lipinski definition) is 0. The van der Waals surface area contributed by atoms with Gasteiger partial charge in [-0.1, -0.05) is 249 Å². The second-order valence-electron chi connectivity index (χ2n) is 21.1. The number of hydrogen-bond acceptors (Lipinski definition) is 0. The number of aromatic nitrogens is 1. The maximum absolute atomic E-state index is 2.55. The molecule has 0 aliphatic heterocycles. The van der Waals surface area contributed by atoms with Gasteiger partial charge in [0.2, 0.25) is 0 Å². The summed E-state index contributed by atoms with van der Waals surface area (Å²) in [7, 11) is 0. The summed E-state index contributed by atoms with van der Waals surface area (Å²) in [5, 5.41) is 2.51. The fourth-order valence-electron chi connectivity index (χ4n) is 12.9. The molecule has 0 amide bonds. The molecule has 366 valence electrons. The molecule has 1 heteroatoms. The fraction of sp³-hybridized carbons (Fsp3) is 0.0390. The lowest BCUT2D eigenvalue weighted by atomic mass is 9.82. The third kappa shape index (κ3) is 7.86. The third-order valence-electron chi connectivity index (χ3n) is 16.6. The maximum Gasteiger partial charge on any atom is 0.0541 e. The van der Waals surface area contributed by atoms with Crippen molar-refractivity contribution in [2.45, 2.75) is 18.8 Å². The Bertz CT molecular complexity index is 4340. The zero-order chi connectivity index (χ0) is 51.5. The van der Waals surface area contributed by atoms with Crippen LogP contribution in [-0.2, 0) is 6.42 Å². The zero-order valence-electron chi connectivity index (χ0n) is 43.2. The van der Waals surface area contributed by atoms with Gasteiger partial charge in [0.05, 0.1) is 11.0 Å². The van der Waals surface area contributed by atoms with Gasteiger partial charge in [0.25, 0.3) is 0 Å². The van der Waals surface area contributed by atoms with Crippen LogP contribution in [-0.4, -0.2) is 4.57 Å². The van der Waals surface area contributed by atoms with Crippen LogP contribution in [0.1, 0.15) is 51.3 Å². The molecule has 2 aliphatic carbocycles. The first kappa shape index (κ1) is 45.6. The number of aryl methyl sites for hydroxylation is 1. The van der Waals surface area contributed by atoms with E-state index in [-0.39, 0.29) is 5.92 Å². The van der Waals surface area contributed by atoms with Crippen molar-refractivity contribution in [2.75, 3.05) is 0 Å². The first-order valence-corrected chi connectivity index (χ1v) is 27.4. The Balaban J connectivity index is 0.817. The van der Waals surface area contributed by atoms with Crippen molar-refractivity contribution < 1.29 is 0 Å². The lowest BCUT2D eigenvalue weighted by Crippen LogP contribution is -2.05. The van der Waals surface area contributed by atoms with Crippen LogP contribution >= 0.6 is 0 Å². The third-order valence-corrected chi connectivity index (χ3v) is 16.6. The second-order valence-corrected chi connectivity index (χ2v) is 21.1. The summed E-state index contributed by atoms with van der Waals surface area (Å²) in [4.78, 5) is 0. The molecule has 13 aromatic rings. The molecular formula is C77H53N. The molecule has 0 saturated carbocycles. The van der Waals surface area contributed by atoms with Crippen LogP contribution in [0.3, 0.4) is 0 Å². The molecule has 15 rings (SSSR count). The van der Waals surface area contributed by atoms with Gasteiger partial charge < -0.3 is 4.57 Å². The highest BCUT2D eigenvalue weighted by Gasteiger charge is 2.33. The van der Waals surface area contributed by atoms with Crippen molar-refractivity contribution in [3.63, 3.8) is 0 Å². The number of para-hydroxylation sites is 1. The van der Waals surface area contributed by atoms with Gasteiger partial charge in [-0.3, -0.25) is 0 Å². The average molecular weight is 992 g/mol. The van der Waals surface area contributed by atoms with E-state index in [1.807, 2.05) is 0 Å². The van der Waals surface area contributed by atoms with Gasteiger partial charge in [-0.15, -0.1) is 0 Å². The van der Waals surface area contributed by atoms with Crippen LogP contribution < -0.4 is 0 Å². The van der Waals surface area contributed by atoms with Crippen LogP contribution in [0.4, 0.5) is 0 Å². The van der Waals surface area contributed by atoms with Crippen LogP contribution in [0.2, 0.25) is 0 Å². The highest BCUT2D eigenvalue weighted by molar-refractivity contribution is 6.19. The number of rotatable bonds is 10. The Morgan fingerprint density at radius 2 is 0.692 bits per heavy atom. The molecule has 2 aliphatic rings. The molecule has 0 radical (unpaired) electrons. The summed E-state index contributed by atoms with van der Waals surface area (Å²) < 4.78 is 2.41. The molecule has 1 nitrogen and oxygen atoms in total. The van der Waals surface area contributed by atoms with E-state index >= 15 is 0 Å². The predicted octanol–water partition coefficient (Wildman–Crippen LogP) is 20.2. The van der Waals surface area contributed by atoms with Crippen LogP contribution in [0.5, 0.6) is 0 Å². The van der Waals surface area contributed by atoms with Crippen molar-refractivity contribution in [1.82, 2.24) is 4.57 Å². The van der Waals surface area contributed by atoms with Crippen molar-refractivity contribution >= 4 is 33.0 Å². The van der Waals surface area contributed by atoms with Crippen molar-refractivity contribution in [3.8, 4) is 72.4 Å². The number of nitrogens with zero attached hydrogens (tertiary/aromatic N) is 1. The molecule has 0 bridgehead atoms. The molecule has 78 heavy (non-hydrogen) atoms. The van der Waals surface area contributed by atoms with Crippen LogP contribution in [0, 0.1) is 0 Å². The normalized spacial score (nSPS) is 12.6. The van der Waals surface area contributed by atoms with E-state index in [1.54, 1.807) is 0 Å². The highest BCUT2D eigenvalue weighted by Crippen LogP contribution is 2.55. The summed E-state index contributed by atoms with van der Waals surface area (Å²) >= 11 is 0. The summed E-state index contributed by atoms with van der Waals surface area (Å²) in [6.45, 7) is 0. The predicted molar refractivity (Wildman–Crippen MR) is 328 cm³/mol. The van der Waals surface area contributed by atoms with E-state index < -0.39 is 0 Å². The Labute approximate surface area is 456 Å². The van der Waals surface area contributed by atoms with Gasteiger partial charge in [-0.05, 0) is 172 Å². The Morgan fingerprint density at radius 3 is 1.28 bits per heavy atom. The minimum Gasteiger partial charge on any atom is -0.309 e. The first-order chi connectivity index (χ1) is 38.7. The lowest BCUT2D eigenvalue weighted by Gasteiger charge is -2.22. The van der Waals surface area contributed by atoms with E-state index in [2.05, 4.69) is 296 Å². The van der Waals surface area contributed by atoms with Gasteiger partial charge in [-0.2, -0.15) is 0 Å². The van der Waals surface area contributed by atoms with Gasteiger partial charge in [0, 0.05) is 22.4 Å². The highest BCUT2D eigenvalue weighted by atomic mass is 15.0. The van der Waals surface area contributed by atoms with E-state index in [0.717, 1.165) is 18.5 Å². The maximum atomic E-state index is 2.55. The van der Waals surface area contributed by atoms with Gasteiger partial charge in [0.15, 0.2) is 0 Å². The first-order valence-electron chi connectivity index (χ1n) is 27.4. The van der Waals surface area contributed by atoms with Crippen LogP contribution in [0.15, 0.2) is 291 Å². The van der Waals surface area contributed by atoms with Crippen molar-refractivity contribution in [2.24, 2.45) is 0 Å². The largest absolute Gasteiger partial charge is 0.309 e. The molecule has 0 fully saturated rings. The van der Waals surface area contributed by atoms with Gasteiger partial charge in [-0.25, -0.2) is 0 Å². The molecule has 1 unspecified atom stereocenters. The summed E-state index contributed by atoms with van der Waals surface area (Å²) in [5.41, 5.74) is 30.5.